The van der Waals surface area contributed by atoms with Gasteiger partial charge in [-0.05, 0) is 67.8 Å². The van der Waals surface area contributed by atoms with E-state index in [0.29, 0.717) is 42.2 Å². The van der Waals surface area contributed by atoms with Gasteiger partial charge in [-0.3, -0.25) is 24.2 Å². The van der Waals surface area contributed by atoms with Crippen molar-refractivity contribution in [1.29, 1.82) is 0 Å². The molecular weight excluding hydrogens is 636 g/mol. The van der Waals surface area contributed by atoms with Gasteiger partial charge in [0.1, 0.15) is 34.9 Å². The van der Waals surface area contributed by atoms with Crippen LogP contribution in [0.1, 0.15) is 19.3 Å². The summed E-state index contributed by atoms with van der Waals surface area (Å²) < 4.78 is 41.0. The molecule has 1 saturated heterocycles. The molecule has 49 heavy (non-hydrogen) atoms. The summed E-state index contributed by atoms with van der Waals surface area (Å²) in [6.45, 7) is 7.91. The largest absolute Gasteiger partial charge is 0.491 e. The highest BCUT2D eigenvalue weighted by Crippen LogP contribution is 2.49. The third-order valence-electron chi connectivity index (χ3n) is 8.54. The average molecular weight is 672 g/mol. The molecule has 3 aromatic carbocycles. The number of aromatic nitrogens is 2. The summed E-state index contributed by atoms with van der Waals surface area (Å²) in [5.41, 5.74) is 5.37. The van der Waals surface area contributed by atoms with Gasteiger partial charge in [0.15, 0.2) is 0 Å². The molecule has 2 aliphatic rings. The Balaban J connectivity index is 1.27. The summed E-state index contributed by atoms with van der Waals surface area (Å²) in [5.74, 6) is -2.47. The first-order chi connectivity index (χ1) is 23.7. The Labute approximate surface area is 280 Å². The number of nitrogens with one attached hydrogen (secondary N) is 2. The van der Waals surface area contributed by atoms with Crippen molar-refractivity contribution in [3.05, 3.63) is 85.2 Å². The van der Waals surface area contributed by atoms with Gasteiger partial charge in [-0.25, -0.2) is 18.7 Å². The standard InChI is InChI=1S/C35H35F2N7O5/c1-2-31(45)41-29-19-25-28(20-30(29)49-15-3-12-43-13-16-48-17-14-43)39-21-40-32(25)42-27-9-8-24(18-26(27)37)44(23-6-4-22(36)5-7-23)34(47)35(10-11-35)33(38)46/h2,4-9,18-21H,1,3,10-17H2,(H2,38,46)(H,41,45)(H,39,40,42). The smallest absolute Gasteiger partial charge is 0.247 e. The average Bonchev–Trinajstić information content (AvgIpc) is 3.92. The summed E-state index contributed by atoms with van der Waals surface area (Å²) in [6.07, 6.45) is 3.73. The molecule has 1 aliphatic heterocycles. The van der Waals surface area contributed by atoms with Crippen LogP contribution in [0, 0.1) is 17.0 Å². The van der Waals surface area contributed by atoms with Crippen molar-refractivity contribution < 1.29 is 32.6 Å². The maximum atomic E-state index is 15.8. The van der Waals surface area contributed by atoms with Crippen LogP contribution in [0.15, 0.2) is 73.6 Å². The molecule has 0 radical (unpaired) electrons. The van der Waals surface area contributed by atoms with E-state index in [0.717, 1.165) is 38.2 Å². The lowest BCUT2D eigenvalue weighted by Crippen LogP contribution is -2.41. The quantitative estimate of drug-likeness (QED) is 0.103. The Bertz CT molecular complexity index is 1900. The van der Waals surface area contributed by atoms with Gasteiger partial charge in [0.2, 0.25) is 17.7 Å². The molecule has 1 saturated carbocycles. The zero-order chi connectivity index (χ0) is 34.5. The summed E-state index contributed by atoms with van der Waals surface area (Å²) in [7, 11) is 0. The van der Waals surface area contributed by atoms with Crippen LogP contribution in [0.3, 0.4) is 0 Å². The fourth-order valence-electron chi connectivity index (χ4n) is 5.63. The normalized spacial score (nSPS) is 15.3. The number of anilines is 5. The molecule has 0 bridgehead atoms. The monoisotopic (exact) mass is 671 g/mol. The van der Waals surface area contributed by atoms with Crippen molar-refractivity contribution in [3.63, 3.8) is 0 Å². The summed E-state index contributed by atoms with van der Waals surface area (Å²) in [6, 6.07) is 12.4. The number of benzene rings is 3. The van der Waals surface area contributed by atoms with Crippen LogP contribution in [0.5, 0.6) is 5.75 Å². The predicted molar refractivity (Wildman–Crippen MR) is 180 cm³/mol. The molecule has 12 nitrogen and oxygen atoms in total. The fraction of sp³-hybridized carbons (Fsp3) is 0.286. The Morgan fingerprint density at radius 1 is 1.02 bits per heavy atom. The number of carbonyl (C=O) groups excluding carboxylic acids is 3. The molecule has 254 valence electrons. The number of ether oxygens (including phenoxy) is 2. The van der Waals surface area contributed by atoms with Crippen molar-refractivity contribution in [2.24, 2.45) is 11.1 Å². The number of amides is 3. The summed E-state index contributed by atoms with van der Waals surface area (Å²) >= 11 is 0. The van der Waals surface area contributed by atoms with Crippen molar-refractivity contribution in [1.82, 2.24) is 14.9 Å². The molecule has 1 aromatic heterocycles. The van der Waals surface area contributed by atoms with Crippen LogP contribution < -0.4 is 26.0 Å². The molecule has 2 fully saturated rings. The van der Waals surface area contributed by atoms with Gasteiger partial charge in [-0.15, -0.1) is 0 Å². The molecule has 3 amide bonds. The number of nitrogens with two attached hydrogens (primary N) is 1. The maximum absolute atomic E-state index is 15.8. The van der Waals surface area contributed by atoms with Crippen molar-refractivity contribution in [2.45, 2.75) is 19.3 Å². The first-order valence-electron chi connectivity index (χ1n) is 15.8. The number of fused-ring (bicyclic) bond motifs is 1. The molecule has 0 spiro atoms. The van der Waals surface area contributed by atoms with Crippen molar-refractivity contribution >= 4 is 57.2 Å². The van der Waals surface area contributed by atoms with Gasteiger partial charge in [-0.2, -0.15) is 0 Å². The van der Waals surface area contributed by atoms with Gasteiger partial charge < -0.3 is 25.8 Å². The second-order valence-corrected chi connectivity index (χ2v) is 11.8. The Kier molecular flexibility index (Phi) is 9.78. The number of hydrogen-bond acceptors (Lipinski definition) is 9. The van der Waals surface area contributed by atoms with E-state index in [4.69, 9.17) is 15.2 Å². The van der Waals surface area contributed by atoms with E-state index in [1.54, 1.807) is 12.1 Å². The van der Waals surface area contributed by atoms with Crippen molar-refractivity contribution in [2.75, 3.05) is 55.0 Å². The van der Waals surface area contributed by atoms with Crippen molar-refractivity contribution in [3.8, 4) is 5.75 Å². The molecule has 0 atom stereocenters. The Hall–Kier alpha value is -5.47. The highest BCUT2D eigenvalue weighted by atomic mass is 19.1. The van der Waals surface area contributed by atoms with Gasteiger partial charge in [0.25, 0.3) is 0 Å². The van der Waals surface area contributed by atoms with Crippen LogP contribution >= 0.6 is 0 Å². The van der Waals surface area contributed by atoms with Crippen LogP contribution in [0.25, 0.3) is 10.9 Å². The number of nitrogens with zero attached hydrogens (tertiary/aromatic N) is 4. The number of morpholine rings is 1. The van der Waals surface area contributed by atoms with Gasteiger partial charge >= 0.3 is 0 Å². The van der Waals surface area contributed by atoms with E-state index in [2.05, 4.69) is 32.1 Å². The maximum Gasteiger partial charge on any atom is 0.247 e. The highest BCUT2D eigenvalue weighted by molar-refractivity contribution is 6.16. The Morgan fingerprint density at radius 2 is 1.76 bits per heavy atom. The molecule has 0 unspecified atom stereocenters. The lowest BCUT2D eigenvalue weighted by molar-refractivity contribution is -0.133. The predicted octanol–water partition coefficient (Wildman–Crippen LogP) is 4.81. The minimum atomic E-state index is -1.41. The fourth-order valence-corrected chi connectivity index (χ4v) is 5.63. The third-order valence-corrected chi connectivity index (χ3v) is 8.54. The first kappa shape index (κ1) is 33.4. The highest BCUT2D eigenvalue weighted by Gasteiger charge is 2.57. The van der Waals surface area contributed by atoms with Crippen LogP contribution in [-0.2, 0) is 19.1 Å². The van der Waals surface area contributed by atoms with E-state index in [-0.39, 0.29) is 35.7 Å². The minimum absolute atomic E-state index is 0.0198. The molecule has 6 rings (SSSR count). The molecular formula is C35H35F2N7O5. The SMILES string of the molecule is C=CC(=O)Nc1cc2c(Nc3ccc(N(C(=O)C4(C(N)=O)CC4)c4ccc(F)cc4)cc3F)ncnc2cc1OCCCN1CCOCC1. The zero-order valence-corrected chi connectivity index (χ0v) is 26.6. The first-order valence-corrected chi connectivity index (χ1v) is 15.8. The number of carbonyl (C=O) groups is 3. The molecule has 14 heteroatoms. The summed E-state index contributed by atoms with van der Waals surface area (Å²) in [4.78, 5) is 50.3. The summed E-state index contributed by atoms with van der Waals surface area (Å²) in [5, 5.41) is 6.20. The van der Waals surface area contributed by atoms with E-state index >= 15 is 4.39 Å². The van der Waals surface area contributed by atoms with Gasteiger partial charge in [0, 0.05) is 42.8 Å². The van der Waals surface area contributed by atoms with Crippen LogP contribution in [0.4, 0.5) is 37.3 Å². The Morgan fingerprint density at radius 3 is 2.43 bits per heavy atom. The number of rotatable bonds is 13. The van der Waals surface area contributed by atoms with Gasteiger partial charge in [-0.1, -0.05) is 6.58 Å². The van der Waals surface area contributed by atoms with Crippen LogP contribution in [-0.4, -0.2) is 72.0 Å². The van der Waals surface area contributed by atoms with E-state index in [9.17, 15) is 18.8 Å². The molecule has 1 aliphatic carbocycles. The lowest BCUT2D eigenvalue weighted by Gasteiger charge is -2.27. The van der Waals surface area contributed by atoms with E-state index in [1.165, 1.54) is 47.6 Å². The zero-order valence-electron chi connectivity index (χ0n) is 26.6. The second-order valence-electron chi connectivity index (χ2n) is 11.8. The number of hydrogen-bond donors (Lipinski definition) is 3. The number of primary amides is 1. The molecule has 2 heterocycles. The second kappa shape index (κ2) is 14.3. The van der Waals surface area contributed by atoms with Crippen LogP contribution in [0.2, 0.25) is 0 Å². The van der Waals surface area contributed by atoms with Gasteiger partial charge in [0.05, 0.1) is 42.4 Å². The lowest BCUT2D eigenvalue weighted by atomic mass is 10.0. The minimum Gasteiger partial charge on any atom is -0.491 e. The number of halogens is 2. The van der Waals surface area contributed by atoms with E-state index < -0.39 is 34.8 Å². The topological polar surface area (TPSA) is 152 Å². The molecule has 4 aromatic rings. The van der Waals surface area contributed by atoms with E-state index in [1.807, 2.05) is 0 Å². The molecule has 4 N–H and O–H groups in total. The third kappa shape index (κ3) is 7.34.